The fourth-order valence-electron chi connectivity index (χ4n) is 4.18. The first-order chi connectivity index (χ1) is 13.6. The zero-order chi connectivity index (χ0) is 19.5. The monoisotopic (exact) mass is 376 g/mol. The van der Waals surface area contributed by atoms with E-state index in [1.165, 1.54) is 24.8 Å². The van der Waals surface area contributed by atoms with Crippen molar-refractivity contribution in [3.8, 4) is 0 Å². The Morgan fingerprint density at radius 1 is 1.14 bits per heavy atom. The quantitative estimate of drug-likeness (QED) is 0.493. The Labute approximate surface area is 165 Å². The number of anilines is 2. The Kier molecular flexibility index (Phi) is 5.35. The fourth-order valence-corrected chi connectivity index (χ4v) is 4.18. The van der Waals surface area contributed by atoms with Crippen LogP contribution in [0.3, 0.4) is 0 Å². The van der Waals surface area contributed by atoms with Crippen molar-refractivity contribution >= 4 is 22.4 Å². The van der Waals surface area contributed by atoms with Crippen molar-refractivity contribution in [1.82, 2.24) is 10.3 Å². The summed E-state index contributed by atoms with van der Waals surface area (Å²) < 4.78 is 0. The summed E-state index contributed by atoms with van der Waals surface area (Å²) in [5.74, 6) is 1.34. The number of nitrogens with two attached hydrogens (primary N) is 1. The van der Waals surface area contributed by atoms with Crippen molar-refractivity contribution in [2.24, 2.45) is 5.92 Å². The first-order valence-corrected chi connectivity index (χ1v) is 10.0. The van der Waals surface area contributed by atoms with E-state index >= 15 is 0 Å². The van der Waals surface area contributed by atoms with Gasteiger partial charge in [0.25, 0.3) is 0 Å². The topological polar surface area (TPSA) is 82.9 Å². The van der Waals surface area contributed by atoms with Crippen molar-refractivity contribution < 1.29 is 0 Å². The molecule has 2 unspecified atom stereocenters. The molecule has 0 spiro atoms. The molecule has 1 heterocycles. The normalized spacial score (nSPS) is 19.2. The second-order valence-electron chi connectivity index (χ2n) is 7.84. The van der Waals surface area contributed by atoms with Gasteiger partial charge in [-0.15, -0.1) is 0 Å². The summed E-state index contributed by atoms with van der Waals surface area (Å²) in [4.78, 5) is 15.6. The van der Waals surface area contributed by atoms with Crippen LogP contribution < -0.4 is 21.8 Å². The Bertz CT molecular complexity index is 1030. The van der Waals surface area contributed by atoms with E-state index in [0.717, 1.165) is 41.1 Å². The smallest absolute Gasteiger partial charge is 0.191 e. The number of nitrogen functional groups attached to an aromatic ring is 1. The van der Waals surface area contributed by atoms with Gasteiger partial charge < -0.3 is 21.4 Å². The number of aryl methyl sites for hydroxylation is 1. The molecule has 2 atom stereocenters. The van der Waals surface area contributed by atoms with Gasteiger partial charge in [-0.3, -0.25) is 4.79 Å². The lowest BCUT2D eigenvalue weighted by Gasteiger charge is -2.22. The number of H-pyrrole nitrogens is 1. The van der Waals surface area contributed by atoms with Gasteiger partial charge in [0, 0.05) is 36.3 Å². The number of fused-ring (bicyclic) bond motifs is 1. The van der Waals surface area contributed by atoms with Gasteiger partial charge in [0.05, 0.1) is 5.52 Å². The fraction of sp³-hybridized carbons (Fsp3) is 0.348. The summed E-state index contributed by atoms with van der Waals surface area (Å²) >= 11 is 0. The molecule has 0 bridgehead atoms. The molecule has 28 heavy (non-hydrogen) atoms. The largest absolute Gasteiger partial charge is 0.399 e. The molecule has 5 N–H and O–H groups in total. The molecule has 1 aliphatic carbocycles. The van der Waals surface area contributed by atoms with Crippen LogP contribution in [0.25, 0.3) is 10.9 Å². The van der Waals surface area contributed by atoms with Crippen molar-refractivity contribution in [1.29, 1.82) is 0 Å². The molecule has 1 aliphatic rings. The van der Waals surface area contributed by atoms with Crippen LogP contribution in [-0.4, -0.2) is 17.6 Å². The number of hydrogen-bond donors (Lipinski definition) is 4. The lowest BCUT2D eigenvalue weighted by atomic mass is 10.0. The highest BCUT2D eigenvalue weighted by molar-refractivity contribution is 5.79. The maximum absolute atomic E-state index is 12.3. The van der Waals surface area contributed by atoms with Gasteiger partial charge in [0.15, 0.2) is 5.43 Å². The standard InChI is InChI=1S/C23H28N4O/c1-15-11-16(9-10-19(15)24)13-25-20-8-4-5-17(20)14-26-23-12-22(28)18-6-2-3-7-21(18)27-23/h2-3,6-7,9-12,17,20,25H,4-5,8,13-14,24H2,1H3,(H2,26,27,28). The summed E-state index contributed by atoms with van der Waals surface area (Å²) in [6, 6.07) is 16.0. The highest BCUT2D eigenvalue weighted by Crippen LogP contribution is 2.26. The van der Waals surface area contributed by atoms with Crippen molar-refractivity contribution in [3.63, 3.8) is 0 Å². The Hall–Kier alpha value is -2.79. The first kappa shape index (κ1) is 18.6. The maximum atomic E-state index is 12.3. The molecule has 0 aliphatic heterocycles. The average molecular weight is 377 g/mol. The number of aromatic amines is 1. The number of nitrogens with one attached hydrogen (secondary N) is 3. The van der Waals surface area contributed by atoms with E-state index in [2.05, 4.69) is 27.8 Å². The number of hydrogen-bond acceptors (Lipinski definition) is 4. The van der Waals surface area contributed by atoms with Crippen LogP contribution in [0.4, 0.5) is 11.5 Å². The van der Waals surface area contributed by atoms with Crippen molar-refractivity contribution in [2.75, 3.05) is 17.6 Å². The molecule has 4 rings (SSSR count). The molecular formula is C23H28N4O. The van der Waals surface area contributed by atoms with Gasteiger partial charge in [-0.2, -0.15) is 0 Å². The van der Waals surface area contributed by atoms with E-state index in [1.54, 1.807) is 6.07 Å². The molecule has 3 aromatic rings. The maximum Gasteiger partial charge on any atom is 0.191 e. The number of benzene rings is 2. The van der Waals surface area contributed by atoms with Gasteiger partial charge in [-0.1, -0.05) is 30.7 Å². The van der Waals surface area contributed by atoms with Crippen LogP contribution in [0.5, 0.6) is 0 Å². The van der Waals surface area contributed by atoms with E-state index < -0.39 is 0 Å². The average Bonchev–Trinajstić information content (AvgIpc) is 3.15. The van der Waals surface area contributed by atoms with E-state index in [1.807, 2.05) is 37.3 Å². The Morgan fingerprint density at radius 3 is 2.86 bits per heavy atom. The molecule has 146 valence electrons. The number of pyridine rings is 1. The van der Waals surface area contributed by atoms with Crippen LogP contribution in [0.15, 0.2) is 53.3 Å². The molecule has 2 aromatic carbocycles. The van der Waals surface area contributed by atoms with E-state index in [0.29, 0.717) is 12.0 Å². The molecule has 5 nitrogen and oxygen atoms in total. The van der Waals surface area contributed by atoms with Gasteiger partial charge in [-0.05, 0) is 55.0 Å². The SMILES string of the molecule is Cc1cc(CNC2CCCC2CNc2cc(=O)c3ccccc3[nH]2)ccc1N. The Balaban J connectivity index is 1.37. The summed E-state index contributed by atoms with van der Waals surface area (Å²) in [7, 11) is 0. The number of para-hydroxylation sites is 1. The first-order valence-electron chi connectivity index (χ1n) is 10.0. The van der Waals surface area contributed by atoms with Crippen LogP contribution in [0.1, 0.15) is 30.4 Å². The Morgan fingerprint density at radius 2 is 2.00 bits per heavy atom. The third-order valence-corrected chi connectivity index (χ3v) is 5.85. The lowest BCUT2D eigenvalue weighted by molar-refractivity contribution is 0.413. The molecule has 0 radical (unpaired) electrons. The van der Waals surface area contributed by atoms with E-state index in [-0.39, 0.29) is 5.43 Å². The minimum absolute atomic E-state index is 0.0525. The predicted octanol–water partition coefficient (Wildman–Crippen LogP) is 3.79. The molecule has 1 fully saturated rings. The third-order valence-electron chi connectivity index (χ3n) is 5.85. The van der Waals surface area contributed by atoms with Crippen LogP contribution in [0.2, 0.25) is 0 Å². The molecule has 0 amide bonds. The van der Waals surface area contributed by atoms with E-state index in [9.17, 15) is 4.79 Å². The lowest BCUT2D eigenvalue weighted by Crippen LogP contribution is -2.35. The molecule has 1 saturated carbocycles. The zero-order valence-corrected chi connectivity index (χ0v) is 16.3. The number of rotatable bonds is 6. The third kappa shape index (κ3) is 4.04. The van der Waals surface area contributed by atoms with Gasteiger partial charge in [0.2, 0.25) is 0 Å². The van der Waals surface area contributed by atoms with Crippen LogP contribution in [-0.2, 0) is 6.54 Å². The highest BCUT2D eigenvalue weighted by atomic mass is 16.1. The van der Waals surface area contributed by atoms with Crippen molar-refractivity contribution in [3.05, 3.63) is 69.9 Å². The summed E-state index contributed by atoms with van der Waals surface area (Å²) in [5.41, 5.74) is 10.1. The van der Waals surface area contributed by atoms with Gasteiger partial charge in [-0.25, -0.2) is 0 Å². The van der Waals surface area contributed by atoms with Crippen molar-refractivity contribution in [2.45, 2.75) is 38.8 Å². The predicted molar refractivity (Wildman–Crippen MR) is 117 cm³/mol. The van der Waals surface area contributed by atoms with E-state index in [4.69, 9.17) is 5.73 Å². The second-order valence-corrected chi connectivity index (χ2v) is 7.84. The molecule has 1 aromatic heterocycles. The summed E-state index contributed by atoms with van der Waals surface area (Å²) in [6.07, 6.45) is 3.62. The molecule has 5 heteroatoms. The van der Waals surface area contributed by atoms with Gasteiger partial charge in [0.1, 0.15) is 5.82 Å². The second kappa shape index (κ2) is 8.07. The molecular weight excluding hydrogens is 348 g/mol. The minimum Gasteiger partial charge on any atom is -0.399 e. The van der Waals surface area contributed by atoms with Crippen LogP contribution in [0, 0.1) is 12.8 Å². The highest BCUT2D eigenvalue weighted by Gasteiger charge is 2.26. The zero-order valence-electron chi connectivity index (χ0n) is 16.3. The van der Waals surface area contributed by atoms with Crippen LogP contribution >= 0.6 is 0 Å². The summed E-state index contributed by atoms with van der Waals surface area (Å²) in [6.45, 7) is 3.76. The minimum atomic E-state index is 0.0525. The molecule has 0 saturated heterocycles. The summed E-state index contributed by atoms with van der Waals surface area (Å²) in [5, 5.41) is 7.90. The van der Waals surface area contributed by atoms with Gasteiger partial charge >= 0.3 is 0 Å². The number of aromatic nitrogens is 1.